The van der Waals surface area contributed by atoms with Crippen LogP contribution in [0.25, 0.3) is 0 Å². The Hall–Kier alpha value is -1.64. The number of piperidine rings is 1. The van der Waals surface area contributed by atoms with Gasteiger partial charge in [-0.25, -0.2) is 0 Å². The van der Waals surface area contributed by atoms with E-state index in [2.05, 4.69) is 29.6 Å². The molecular weight excluding hydrogens is 318 g/mol. The summed E-state index contributed by atoms with van der Waals surface area (Å²) in [5.41, 5.74) is 3.15. The second-order valence-electron chi connectivity index (χ2n) is 6.67. The van der Waals surface area contributed by atoms with Gasteiger partial charge in [0.15, 0.2) is 5.78 Å². The summed E-state index contributed by atoms with van der Waals surface area (Å²) in [6.07, 6.45) is 5.46. The van der Waals surface area contributed by atoms with Crippen LogP contribution in [0, 0.1) is 5.92 Å². The average molecular weight is 342 g/mol. The molecule has 3 rings (SSSR count). The van der Waals surface area contributed by atoms with Gasteiger partial charge in [-0.2, -0.15) is 0 Å². The number of carbonyl (C=O) groups excluding carboxylic acids is 1. The first kappa shape index (κ1) is 17.2. The summed E-state index contributed by atoms with van der Waals surface area (Å²) in [4.78, 5) is 12.3. The van der Waals surface area contributed by atoms with Gasteiger partial charge in [-0.3, -0.25) is 4.79 Å². The quantitative estimate of drug-likeness (QED) is 0.772. The third-order valence-corrected chi connectivity index (χ3v) is 5.05. The Bertz CT molecular complexity index is 657. The summed E-state index contributed by atoms with van der Waals surface area (Å²) < 4.78 is 0. The third-order valence-electron chi connectivity index (χ3n) is 4.79. The number of aryl methyl sites for hydroxylation is 1. The zero-order chi connectivity index (χ0) is 16.8. The van der Waals surface area contributed by atoms with Crippen LogP contribution in [0.1, 0.15) is 40.7 Å². The average Bonchev–Trinajstić information content (AvgIpc) is 2.62. The molecule has 1 aliphatic heterocycles. The minimum atomic E-state index is 0.132. The zero-order valence-corrected chi connectivity index (χ0v) is 14.7. The molecule has 1 atom stereocenters. The topological polar surface area (TPSA) is 29.1 Å². The Morgan fingerprint density at radius 2 is 1.75 bits per heavy atom. The summed E-state index contributed by atoms with van der Waals surface area (Å²) >= 11 is 5.86. The molecule has 0 bridgehead atoms. The van der Waals surface area contributed by atoms with Crippen LogP contribution in [-0.2, 0) is 12.8 Å². The van der Waals surface area contributed by atoms with E-state index in [1.807, 2.05) is 0 Å². The molecule has 3 heteroatoms. The Labute approximate surface area is 149 Å². The molecule has 0 aromatic heterocycles. The van der Waals surface area contributed by atoms with Crippen molar-refractivity contribution in [1.82, 2.24) is 5.32 Å². The molecule has 1 aliphatic rings. The molecule has 1 heterocycles. The number of Topliss-reactive ketones (excluding diaryl/α,β-unsaturated/α-hetero) is 1. The number of hydrogen-bond acceptors (Lipinski definition) is 2. The lowest BCUT2D eigenvalue weighted by atomic mass is 9.92. The highest BCUT2D eigenvalue weighted by atomic mass is 35.5. The highest BCUT2D eigenvalue weighted by Gasteiger charge is 2.12. The first-order valence-electron chi connectivity index (χ1n) is 8.78. The van der Waals surface area contributed by atoms with Crippen LogP contribution in [0.15, 0.2) is 48.5 Å². The minimum Gasteiger partial charge on any atom is -0.316 e. The molecule has 0 saturated carbocycles. The molecule has 1 fully saturated rings. The smallest absolute Gasteiger partial charge is 0.167 e. The molecule has 2 aromatic carbocycles. The van der Waals surface area contributed by atoms with Gasteiger partial charge in [-0.1, -0.05) is 35.9 Å². The first-order chi connectivity index (χ1) is 11.7. The van der Waals surface area contributed by atoms with Crippen molar-refractivity contribution in [2.75, 3.05) is 13.1 Å². The highest BCUT2D eigenvalue weighted by molar-refractivity contribution is 6.30. The lowest BCUT2D eigenvalue weighted by Gasteiger charge is -2.22. The maximum Gasteiger partial charge on any atom is 0.167 e. The number of halogens is 1. The maximum absolute atomic E-state index is 12.3. The van der Waals surface area contributed by atoms with Crippen molar-refractivity contribution < 1.29 is 4.79 Å². The fourth-order valence-corrected chi connectivity index (χ4v) is 3.41. The van der Waals surface area contributed by atoms with Gasteiger partial charge < -0.3 is 5.32 Å². The predicted molar refractivity (Wildman–Crippen MR) is 99.8 cm³/mol. The van der Waals surface area contributed by atoms with Crippen LogP contribution < -0.4 is 5.32 Å². The van der Waals surface area contributed by atoms with E-state index in [1.54, 1.807) is 24.3 Å². The molecule has 2 nitrogen and oxygen atoms in total. The summed E-state index contributed by atoms with van der Waals surface area (Å²) in [5, 5.41) is 4.13. The van der Waals surface area contributed by atoms with Crippen LogP contribution >= 0.6 is 11.6 Å². The van der Waals surface area contributed by atoms with Crippen LogP contribution in [0.5, 0.6) is 0 Å². The van der Waals surface area contributed by atoms with E-state index in [4.69, 9.17) is 11.6 Å². The number of benzene rings is 2. The second kappa shape index (κ2) is 8.46. The van der Waals surface area contributed by atoms with E-state index in [0.29, 0.717) is 17.0 Å². The summed E-state index contributed by atoms with van der Waals surface area (Å²) in [5.74, 6) is 0.942. The molecule has 0 spiro atoms. The third kappa shape index (κ3) is 4.93. The fraction of sp³-hybridized carbons (Fsp3) is 0.381. The molecule has 1 N–H and O–H groups in total. The van der Waals surface area contributed by atoms with E-state index in [9.17, 15) is 4.79 Å². The van der Waals surface area contributed by atoms with Gasteiger partial charge in [0.05, 0.1) is 0 Å². The monoisotopic (exact) mass is 341 g/mol. The fourth-order valence-electron chi connectivity index (χ4n) is 3.29. The van der Waals surface area contributed by atoms with E-state index < -0.39 is 0 Å². The van der Waals surface area contributed by atoms with Crippen molar-refractivity contribution in [2.24, 2.45) is 5.92 Å². The summed E-state index contributed by atoms with van der Waals surface area (Å²) in [6.45, 7) is 2.33. The maximum atomic E-state index is 12.3. The Morgan fingerprint density at radius 1 is 1.04 bits per heavy atom. The van der Waals surface area contributed by atoms with Gasteiger partial charge in [0, 0.05) is 17.0 Å². The SMILES string of the molecule is O=C(Cc1ccc(CCC2CCCNC2)cc1)c1ccc(Cl)cc1. The van der Waals surface area contributed by atoms with Gasteiger partial charge in [-0.15, -0.1) is 0 Å². The normalized spacial score (nSPS) is 17.6. The van der Waals surface area contributed by atoms with Crippen LogP contribution in [0.4, 0.5) is 0 Å². The Balaban J connectivity index is 1.52. The molecule has 1 unspecified atom stereocenters. The molecular formula is C21H24ClNO. The zero-order valence-electron chi connectivity index (χ0n) is 13.9. The predicted octanol–water partition coefficient (Wildman–Crippen LogP) is 4.70. The van der Waals surface area contributed by atoms with E-state index in [-0.39, 0.29) is 5.78 Å². The van der Waals surface area contributed by atoms with Gasteiger partial charge in [0.1, 0.15) is 0 Å². The van der Waals surface area contributed by atoms with Gasteiger partial charge in [0.25, 0.3) is 0 Å². The number of carbonyl (C=O) groups is 1. The van der Waals surface area contributed by atoms with Crippen molar-refractivity contribution >= 4 is 17.4 Å². The van der Waals surface area contributed by atoms with Crippen molar-refractivity contribution in [3.63, 3.8) is 0 Å². The first-order valence-corrected chi connectivity index (χ1v) is 9.16. The number of hydrogen-bond donors (Lipinski definition) is 1. The number of nitrogens with one attached hydrogen (secondary N) is 1. The van der Waals surface area contributed by atoms with Crippen molar-refractivity contribution in [1.29, 1.82) is 0 Å². The van der Waals surface area contributed by atoms with Gasteiger partial charge in [-0.05, 0) is 80.1 Å². The van der Waals surface area contributed by atoms with Crippen LogP contribution in [-0.4, -0.2) is 18.9 Å². The molecule has 0 aliphatic carbocycles. The van der Waals surface area contributed by atoms with E-state index >= 15 is 0 Å². The second-order valence-corrected chi connectivity index (χ2v) is 7.11. The minimum absolute atomic E-state index is 0.132. The summed E-state index contributed by atoms with van der Waals surface area (Å²) in [7, 11) is 0. The molecule has 0 amide bonds. The lowest BCUT2D eigenvalue weighted by molar-refractivity contribution is 0.0993. The van der Waals surface area contributed by atoms with Crippen molar-refractivity contribution in [3.05, 3.63) is 70.2 Å². The molecule has 2 aromatic rings. The lowest BCUT2D eigenvalue weighted by Crippen LogP contribution is -2.29. The van der Waals surface area contributed by atoms with Crippen molar-refractivity contribution in [2.45, 2.75) is 32.1 Å². The Morgan fingerprint density at radius 3 is 2.42 bits per heavy atom. The highest BCUT2D eigenvalue weighted by Crippen LogP contribution is 2.18. The largest absolute Gasteiger partial charge is 0.316 e. The standard InChI is InChI=1S/C21H24ClNO/c22-20-11-9-19(10-12-20)21(24)14-17-6-3-16(4-7-17)5-8-18-2-1-13-23-15-18/h3-4,6-7,9-12,18,23H,1-2,5,8,13-15H2. The van der Waals surface area contributed by atoms with Gasteiger partial charge >= 0.3 is 0 Å². The van der Waals surface area contributed by atoms with Gasteiger partial charge in [0.2, 0.25) is 0 Å². The number of rotatable bonds is 6. The molecule has 24 heavy (non-hydrogen) atoms. The van der Waals surface area contributed by atoms with E-state index in [0.717, 1.165) is 24.4 Å². The Kier molecular flexibility index (Phi) is 6.06. The van der Waals surface area contributed by atoms with E-state index in [1.165, 1.54) is 31.4 Å². The molecule has 1 saturated heterocycles. The van der Waals surface area contributed by atoms with Crippen LogP contribution in [0.2, 0.25) is 5.02 Å². The van der Waals surface area contributed by atoms with Crippen LogP contribution in [0.3, 0.4) is 0 Å². The molecule has 0 radical (unpaired) electrons. The molecule has 126 valence electrons. The van der Waals surface area contributed by atoms with Crippen molar-refractivity contribution in [3.8, 4) is 0 Å². The summed E-state index contributed by atoms with van der Waals surface area (Å²) in [6, 6.07) is 15.6. The number of ketones is 1.